The first-order valence-corrected chi connectivity index (χ1v) is 4.70. The Morgan fingerprint density at radius 3 is 3.08 bits per heavy atom. The lowest BCUT2D eigenvalue weighted by Crippen LogP contribution is -2.27. The van der Waals surface area contributed by atoms with Gasteiger partial charge in [0.1, 0.15) is 5.76 Å². The third-order valence-electron chi connectivity index (χ3n) is 1.74. The van der Waals surface area contributed by atoms with Crippen LogP contribution in [-0.4, -0.2) is 18.1 Å². The van der Waals surface area contributed by atoms with Gasteiger partial charge in [0.25, 0.3) is 0 Å². The molecule has 12 heavy (non-hydrogen) atoms. The van der Waals surface area contributed by atoms with E-state index in [2.05, 4.69) is 25.2 Å². The lowest BCUT2D eigenvalue weighted by molar-refractivity contribution is 0.239. The van der Waals surface area contributed by atoms with Gasteiger partial charge in [0.2, 0.25) is 0 Å². The van der Waals surface area contributed by atoms with Crippen LogP contribution in [0.15, 0.2) is 11.8 Å². The second kappa shape index (κ2) is 4.45. The van der Waals surface area contributed by atoms with Crippen LogP contribution in [0.4, 0.5) is 0 Å². The zero-order chi connectivity index (χ0) is 8.97. The molecule has 0 radical (unpaired) electrons. The Morgan fingerprint density at radius 1 is 1.83 bits per heavy atom. The average molecular weight is 187 g/mol. The molecule has 0 bridgehead atoms. The maximum absolute atomic E-state index is 5.32. The fourth-order valence-corrected chi connectivity index (χ4v) is 1.04. The molecule has 0 aromatic carbocycles. The summed E-state index contributed by atoms with van der Waals surface area (Å²) in [5, 5.41) is 3.16. The molecule has 0 aromatic heterocycles. The molecular weight excluding hydrogens is 170 g/mol. The molecule has 0 spiro atoms. The minimum atomic E-state index is 0. The second-order valence-electron chi connectivity index (χ2n) is 3.18. The van der Waals surface area contributed by atoms with Crippen LogP contribution in [0.2, 0.25) is 0 Å². The summed E-state index contributed by atoms with van der Waals surface area (Å²) in [6.45, 7) is 5.74. The molecule has 1 aliphatic rings. The van der Waals surface area contributed by atoms with Crippen molar-refractivity contribution in [3.05, 3.63) is 11.8 Å². The summed E-state index contributed by atoms with van der Waals surface area (Å²) in [6, 6.07) is 0. The van der Waals surface area contributed by atoms with Crippen LogP contribution in [0.1, 0.15) is 21.7 Å². The number of nitrogens with one attached hydrogen (secondary N) is 1. The Labute approximate surface area is 80.5 Å². The molecule has 70 valence electrons. The topological polar surface area (TPSA) is 21.3 Å². The van der Waals surface area contributed by atoms with Crippen LogP contribution in [0.25, 0.3) is 0 Å². The predicted octanol–water partition coefficient (Wildman–Crippen LogP) is 2.11. The van der Waals surface area contributed by atoms with Crippen LogP contribution < -0.4 is 5.32 Å². The van der Waals surface area contributed by atoms with Crippen molar-refractivity contribution in [2.75, 3.05) is 13.2 Å². The first kappa shape index (κ1) is 9.52. The second-order valence-corrected chi connectivity index (χ2v) is 3.62. The van der Waals surface area contributed by atoms with E-state index in [0.29, 0.717) is 5.92 Å². The van der Waals surface area contributed by atoms with Crippen molar-refractivity contribution >= 4 is 17.2 Å². The van der Waals surface area contributed by atoms with Crippen molar-refractivity contribution < 1.29 is 6.16 Å². The molecule has 1 heterocycles. The Morgan fingerprint density at radius 2 is 2.58 bits per heavy atom. The van der Waals surface area contributed by atoms with Gasteiger partial charge in [-0.15, -0.1) is 0 Å². The summed E-state index contributed by atoms with van der Waals surface area (Å²) in [7, 11) is 0. The molecule has 0 atom stereocenters. The summed E-state index contributed by atoms with van der Waals surface area (Å²) in [6.07, 6.45) is 3.14. The van der Waals surface area contributed by atoms with E-state index in [4.69, 9.17) is 17.0 Å². The number of hydrogen-bond acceptors (Lipinski definition) is 2. The summed E-state index contributed by atoms with van der Waals surface area (Å²) in [4.78, 5) is 0.909. The van der Waals surface area contributed by atoms with Crippen LogP contribution in [0.5, 0.6) is 0 Å². The maximum Gasteiger partial charge on any atom is 0.111 e. The van der Waals surface area contributed by atoms with Crippen LogP contribution in [0.3, 0.4) is 0 Å². The van der Waals surface area contributed by atoms with Crippen LogP contribution in [-0.2, 0) is 4.74 Å². The van der Waals surface area contributed by atoms with E-state index in [9.17, 15) is 0 Å². The van der Waals surface area contributed by atoms with E-state index < -0.39 is 0 Å². The van der Waals surface area contributed by atoms with Gasteiger partial charge in [0.15, 0.2) is 0 Å². The average Bonchev–Trinajstić information content (AvgIpc) is 2.51. The quantitative estimate of drug-likeness (QED) is 0.684. The highest BCUT2D eigenvalue weighted by molar-refractivity contribution is 7.80. The van der Waals surface area contributed by atoms with Gasteiger partial charge in [-0.05, 0) is 6.08 Å². The highest BCUT2D eigenvalue weighted by Gasteiger charge is 2.06. The zero-order valence-electron chi connectivity index (χ0n) is 7.59. The summed E-state index contributed by atoms with van der Waals surface area (Å²) >= 11 is 5.12. The van der Waals surface area contributed by atoms with E-state index in [-0.39, 0.29) is 1.43 Å². The third kappa shape index (κ3) is 2.81. The molecule has 0 amide bonds. The highest BCUT2D eigenvalue weighted by atomic mass is 32.1. The SMILES string of the molecule is CC(C)C(=S)NCC1=CCCO1.[HH]. The number of thiocarbonyl (C=S) groups is 1. The van der Waals surface area contributed by atoms with Crippen molar-refractivity contribution in [3.8, 4) is 0 Å². The Kier molecular flexibility index (Phi) is 3.53. The monoisotopic (exact) mass is 187 g/mol. The van der Waals surface area contributed by atoms with Gasteiger partial charge in [-0.2, -0.15) is 0 Å². The number of rotatable bonds is 3. The molecule has 0 saturated carbocycles. The van der Waals surface area contributed by atoms with Crippen molar-refractivity contribution in [3.63, 3.8) is 0 Å². The van der Waals surface area contributed by atoms with Crippen molar-refractivity contribution in [1.29, 1.82) is 0 Å². The van der Waals surface area contributed by atoms with E-state index in [0.717, 1.165) is 30.3 Å². The van der Waals surface area contributed by atoms with Crippen LogP contribution in [0, 0.1) is 5.92 Å². The molecular formula is C9H17NOS. The molecule has 0 saturated heterocycles. The van der Waals surface area contributed by atoms with Gasteiger partial charge in [-0.25, -0.2) is 0 Å². The molecule has 1 N–H and O–H groups in total. The Balaban J connectivity index is 0.00000144. The molecule has 0 fully saturated rings. The molecule has 0 unspecified atom stereocenters. The molecule has 1 rings (SSSR count). The molecule has 3 heteroatoms. The summed E-state index contributed by atoms with van der Waals surface area (Å²) < 4.78 is 5.32. The Bertz CT molecular complexity index is 204. The lowest BCUT2D eigenvalue weighted by atomic mass is 10.2. The molecule has 1 aliphatic heterocycles. The van der Waals surface area contributed by atoms with Gasteiger partial charge in [-0.3, -0.25) is 0 Å². The maximum atomic E-state index is 5.32. The van der Waals surface area contributed by atoms with Gasteiger partial charge in [0, 0.05) is 13.8 Å². The standard InChI is InChI=1S/C9H15NOS.H2/c1-7(2)9(12)10-6-8-4-3-5-11-8;/h4,7H,3,5-6H2,1-2H3,(H,10,12);1H. The summed E-state index contributed by atoms with van der Waals surface area (Å²) in [5.74, 6) is 1.44. The molecule has 0 aliphatic carbocycles. The summed E-state index contributed by atoms with van der Waals surface area (Å²) in [5.41, 5.74) is 0. The van der Waals surface area contributed by atoms with Gasteiger partial charge >= 0.3 is 0 Å². The first-order valence-electron chi connectivity index (χ1n) is 4.29. The fraction of sp³-hybridized carbons (Fsp3) is 0.667. The lowest BCUT2D eigenvalue weighted by Gasteiger charge is -2.10. The number of ether oxygens (including phenoxy) is 1. The minimum absolute atomic E-state index is 0. The number of hydrogen-bond donors (Lipinski definition) is 1. The first-order chi connectivity index (χ1) is 5.70. The Hall–Kier alpha value is -0.570. The normalized spacial score (nSPS) is 15.8. The third-order valence-corrected chi connectivity index (χ3v) is 2.35. The zero-order valence-corrected chi connectivity index (χ0v) is 8.41. The van der Waals surface area contributed by atoms with E-state index >= 15 is 0 Å². The predicted molar refractivity (Wildman–Crippen MR) is 56.2 cm³/mol. The largest absolute Gasteiger partial charge is 0.496 e. The molecule has 2 nitrogen and oxygen atoms in total. The molecule has 0 aromatic rings. The minimum Gasteiger partial charge on any atom is -0.496 e. The van der Waals surface area contributed by atoms with E-state index in [1.54, 1.807) is 0 Å². The van der Waals surface area contributed by atoms with Gasteiger partial charge < -0.3 is 10.1 Å². The van der Waals surface area contributed by atoms with E-state index in [1.807, 2.05) is 0 Å². The van der Waals surface area contributed by atoms with Crippen molar-refractivity contribution in [1.82, 2.24) is 5.32 Å². The van der Waals surface area contributed by atoms with Crippen LogP contribution >= 0.6 is 12.2 Å². The highest BCUT2D eigenvalue weighted by Crippen LogP contribution is 2.07. The fourth-order valence-electron chi connectivity index (χ4n) is 0.970. The van der Waals surface area contributed by atoms with E-state index in [1.165, 1.54) is 0 Å². The van der Waals surface area contributed by atoms with Crippen molar-refractivity contribution in [2.45, 2.75) is 20.3 Å². The van der Waals surface area contributed by atoms with Gasteiger partial charge in [0.05, 0.1) is 18.1 Å². The van der Waals surface area contributed by atoms with Gasteiger partial charge in [-0.1, -0.05) is 26.1 Å². The van der Waals surface area contributed by atoms with Crippen molar-refractivity contribution in [2.24, 2.45) is 5.92 Å². The smallest absolute Gasteiger partial charge is 0.111 e.